The van der Waals surface area contributed by atoms with Crippen LogP contribution in [-0.2, 0) is 5.41 Å². The van der Waals surface area contributed by atoms with Crippen molar-refractivity contribution in [3.8, 4) is 22.3 Å². The van der Waals surface area contributed by atoms with Gasteiger partial charge in [-0.1, -0.05) is 103 Å². The Labute approximate surface area is 195 Å². The molecule has 0 radical (unpaired) electrons. The van der Waals surface area contributed by atoms with Crippen LogP contribution in [0.25, 0.3) is 44.2 Å². The minimum Gasteiger partial charge on any atom is -0.456 e. The number of rotatable bonds is 0. The average Bonchev–Trinajstić information content (AvgIpc) is 3.48. The Balaban J connectivity index is 1.63. The van der Waals surface area contributed by atoms with Crippen LogP contribution in [0, 0.1) is 0 Å². The molecule has 6 aromatic rings. The molecule has 0 saturated heterocycles. The number of hydrogen-bond acceptors (Lipinski definition) is 1. The van der Waals surface area contributed by atoms with Crippen molar-refractivity contribution in [1.29, 1.82) is 0 Å². The lowest BCUT2D eigenvalue weighted by Gasteiger charge is -2.30. The van der Waals surface area contributed by atoms with Crippen LogP contribution >= 0.6 is 11.6 Å². The van der Waals surface area contributed by atoms with E-state index in [1.54, 1.807) is 0 Å². The normalized spacial score (nSPS) is 14.5. The Morgan fingerprint density at radius 2 is 1.09 bits per heavy atom. The van der Waals surface area contributed by atoms with Crippen LogP contribution in [-0.4, -0.2) is 0 Å². The summed E-state index contributed by atoms with van der Waals surface area (Å²) in [5, 5.41) is 2.84. The van der Waals surface area contributed by atoms with Crippen LogP contribution in [0.5, 0.6) is 0 Å². The number of fused-ring (bicyclic) bond motifs is 13. The summed E-state index contributed by atoms with van der Waals surface area (Å²) in [4.78, 5) is 0. The largest absolute Gasteiger partial charge is 0.456 e. The smallest absolute Gasteiger partial charge is 0.137 e. The summed E-state index contributed by atoms with van der Waals surface area (Å²) in [6, 6.07) is 36.7. The van der Waals surface area contributed by atoms with Gasteiger partial charge in [-0.25, -0.2) is 0 Å². The maximum absolute atomic E-state index is 7.29. The highest BCUT2D eigenvalue weighted by molar-refractivity contribution is 6.41. The second-order valence-electron chi connectivity index (χ2n) is 8.97. The molecule has 1 spiro atoms. The molecule has 2 heteroatoms. The fraction of sp³-hybridized carbons (Fsp3) is 0.0323. The van der Waals surface area contributed by atoms with Crippen molar-refractivity contribution in [3.05, 3.63) is 130 Å². The van der Waals surface area contributed by atoms with Crippen molar-refractivity contribution in [2.75, 3.05) is 0 Å². The van der Waals surface area contributed by atoms with E-state index >= 15 is 0 Å². The van der Waals surface area contributed by atoms with Crippen LogP contribution in [0.2, 0.25) is 5.02 Å². The zero-order valence-electron chi connectivity index (χ0n) is 17.6. The molecule has 0 saturated carbocycles. The van der Waals surface area contributed by atoms with Gasteiger partial charge in [0.15, 0.2) is 0 Å². The van der Waals surface area contributed by atoms with Crippen LogP contribution in [0.4, 0.5) is 0 Å². The van der Waals surface area contributed by atoms with Gasteiger partial charge in [0.05, 0.1) is 10.4 Å². The molecule has 2 aliphatic rings. The highest BCUT2D eigenvalue weighted by Gasteiger charge is 2.52. The molecule has 0 unspecified atom stereocenters. The number of hydrogen-bond donors (Lipinski definition) is 0. The molecule has 154 valence electrons. The molecule has 1 aromatic heterocycles. The van der Waals surface area contributed by atoms with Crippen LogP contribution in [0.15, 0.2) is 108 Å². The lowest BCUT2D eigenvalue weighted by molar-refractivity contribution is 0.666. The van der Waals surface area contributed by atoms with Gasteiger partial charge in [-0.15, -0.1) is 0 Å². The van der Waals surface area contributed by atoms with E-state index in [-0.39, 0.29) is 0 Å². The Morgan fingerprint density at radius 1 is 0.545 bits per heavy atom. The number of para-hydroxylation sites is 1. The highest BCUT2D eigenvalue weighted by Crippen LogP contribution is 2.64. The molecule has 2 aliphatic carbocycles. The van der Waals surface area contributed by atoms with Crippen molar-refractivity contribution in [2.24, 2.45) is 0 Å². The molecule has 0 aliphatic heterocycles. The second kappa shape index (κ2) is 5.95. The van der Waals surface area contributed by atoms with Gasteiger partial charge in [-0.3, -0.25) is 0 Å². The fourth-order valence-corrected chi connectivity index (χ4v) is 6.79. The molecule has 1 heterocycles. The topological polar surface area (TPSA) is 13.1 Å². The molecular weight excluding hydrogens is 424 g/mol. The molecule has 0 fully saturated rings. The number of benzene rings is 5. The number of halogens is 1. The maximum Gasteiger partial charge on any atom is 0.137 e. The lowest BCUT2D eigenvalue weighted by Crippen LogP contribution is -2.25. The van der Waals surface area contributed by atoms with Gasteiger partial charge in [0, 0.05) is 16.3 Å². The Bertz CT molecular complexity index is 1740. The van der Waals surface area contributed by atoms with Crippen LogP contribution < -0.4 is 0 Å². The third-order valence-corrected chi connectivity index (χ3v) is 7.94. The van der Waals surface area contributed by atoms with Crippen LogP contribution in [0.3, 0.4) is 0 Å². The molecule has 5 aromatic carbocycles. The molecule has 0 bridgehead atoms. The first kappa shape index (κ1) is 17.7. The summed E-state index contributed by atoms with van der Waals surface area (Å²) < 4.78 is 6.35. The van der Waals surface area contributed by atoms with E-state index in [2.05, 4.69) is 84.9 Å². The van der Waals surface area contributed by atoms with Gasteiger partial charge in [0.1, 0.15) is 11.2 Å². The molecule has 0 N–H and O–H groups in total. The van der Waals surface area contributed by atoms with E-state index in [0.717, 1.165) is 32.5 Å². The van der Waals surface area contributed by atoms with Gasteiger partial charge in [-0.2, -0.15) is 0 Å². The molecule has 0 atom stereocenters. The minimum atomic E-state index is -0.407. The molecule has 8 rings (SSSR count). The minimum absolute atomic E-state index is 0.407. The van der Waals surface area contributed by atoms with E-state index < -0.39 is 5.41 Å². The highest BCUT2D eigenvalue weighted by atomic mass is 35.5. The molecule has 0 amide bonds. The van der Waals surface area contributed by atoms with Crippen molar-refractivity contribution in [2.45, 2.75) is 5.41 Å². The predicted molar refractivity (Wildman–Crippen MR) is 135 cm³/mol. The van der Waals surface area contributed by atoms with E-state index in [1.165, 1.54) is 38.9 Å². The molecular formula is C31H17ClO. The Hall–Kier alpha value is -3.81. The Kier molecular flexibility index (Phi) is 3.19. The first-order valence-electron chi connectivity index (χ1n) is 11.2. The summed E-state index contributed by atoms with van der Waals surface area (Å²) in [6.45, 7) is 0. The average molecular weight is 441 g/mol. The second-order valence-corrected chi connectivity index (χ2v) is 9.35. The van der Waals surface area contributed by atoms with Crippen molar-refractivity contribution in [1.82, 2.24) is 0 Å². The van der Waals surface area contributed by atoms with Crippen molar-refractivity contribution < 1.29 is 4.42 Å². The van der Waals surface area contributed by atoms with E-state index in [1.807, 2.05) is 18.2 Å². The zero-order valence-corrected chi connectivity index (χ0v) is 18.4. The van der Waals surface area contributed by atoms with Gasteiger partial charge >= 0.3 is 0 Å². The van der Waals surface area contributed by atoms with Gasteiger partial charge < -0.3 is 4.42 Å². The standard InChI is InChI=1S/C31H17ClO/c32-30-28-20-11-3-7-15-24(20)31(22-13-5-1-9-18(22)19-10-2-6-14-23(19)31)25(28)17-27-29(30)21-12-4-8-16-26(21)33-27/h1-17H. The summed E-state index contributed by atoms with van der Waals surface area (Å²) in [7, 11) is 0. The third-order valence-electron chi connectivity index (χ3n) is 7.56. The predicted octanol–water partition coefficient (Wildman–Crippen LogP) is 8.58. The Morgan fingerprint density at radius 3 is 1.79 bits per heavy atom. The van der Waals surface area contributed by atoms with Crippen molar-refractivity contribution in [3.63, 3.8) is 0 Å². The van der Waals surface area contributed by atoms with E-state index in [4.69, 9.17) is 16.0 Å². The van der Waals surface area contributed by atoms with Gasteiger partial charge in [0.2, 0.25) is 0 Å². The molecule has 1 nitrogen and oxygen atoms in total. The first-order valence-corrected chi connectivity index (χ1v) is 11.6. The fourth-order valence-electron chi connectivity index (χ4n) is 6.39. The quantitative estimate of drug-likeness (QED) is 0.230. The van der Waals surface area contributed by atoms with Gasteiger partial charge in [0.25, 0.3) is 0 Å². The van der Waals surface area contributed by atoms with Crippen molar-refractivity contribution >= 4 is 33.5 Å². The molecule has 33 heavy (non-hydrogen) atoms. The van der Waals surface area contributed by atoms with E-state index in [0.29, 0.717) is 0 Å². The van der Waals surface area contributed by atoms with E-state index in [9.17, 15) is 0 Å². The summed E-state index contributed by atoms with van der Waals surface area (Å²) in [5.74, 6) is 0. The van der Waals surface area contributed by atoms with Gasteiger partial charge in [-0.05, 0) is 51.1 Å². The third kappa shape index (κ3) is 1.93. The summed E-state index contributed by atoms with van der Waals surface area (Å²) >= 11 is 7.29. The van der Waals surface area contributed by atoms with Crippen LogP contribution in [0.1, 0.15) is 22.3 Å². The zero-order chi connectivity index (χ0) is 21.7. The summed E-state index contributed by atoms with van der Waals surface area (Å²) in [5.41, 5.74) is 11.3. The lowest BCUT2D eigenvalue weighted by atomic mass is 9.70. The number of furan rings is 1. The monoisotopic (exact) mass is 440 g/mol. The summed E-state index contributed by atoms with van der Waals surface area (Å²) in [6.07, 6.45) is 0. The maximum atomic E-state index is 7.29. The first-order chi connectivity index (χ1) is 16.3. The SMILES string of the molecule is Clc1c2c(cc3oc4ccccc4c13)C1(c3ccccc3-c3ccccc31)c1ccccc1-2.